The van der Waals surface area contributed by atoms with E-state index in [4.69, 9.17) is 11.6 Å². The van der Waals surface area contributed by atoms with Crippen molar-refractivity contribution in [1.82, 2.24) is 0 Å². The zero-order chi connectivity index (χ0) is 18.5. The number of nitrogens with one attached hydrogen (secondary N) is 1. The van der Waals surface area contributed by atoms with E-state index in [2.05, 4.69) is 5.32 Å². The van der Waals surface area contributed by atoms with Gasteiger partial charge in [0.05, 0.1) is 5.69 Å². The lowest BCUT2D eigenvalue weighted by molar-refractivity contribution is -0.111. The molecule has 0 fully saturated rings. The zero-order valence-electron chi connectivity index (χ0n) is 13.5. The molecule has 0 radical (unpaired) electrons. The third-order valence-corrected chi connectivity index (χ3v) is 4.06. The quantitative estimate of drug-likeness (QED) is 0.457. The second kappa shape index (κ2) is 7.93. The van der Waals surface area contributed by atoms with Crippen LogP contribution >= 0.6 is 11.6 Å². The monoisotopic (exact) mass is 369 g/mol. The summed E-state index contributed by atoms with van der Waals surface area (Å²) >= 11 is 6.19. The fraction of sp³-hybridized carbons (Fsp3) is 0. The van der Waals surface area contributed by atoms with Gasteiger partial charge in [-0.2, -0.15) is 0 Å². The first-order chi connectivity index (χ1) is 12.5. The zero-order valence-corrected chi connectivity index (χ0v) is 14.3. The Labute approximate surface area is 154 Å². The lowest BCUT2D eigenvalue weighted by Gasteiger charge is -2.11. The number of rotatable bonds is 4. The summed E-state index contributed by atoms with van der Waals surface area (Å²) in [6, 6.07) is 19.0. The van der Waals surface area contributed by atoms with Crippen molar-refractivity contribution in [2.24, 2.45) is 0 Å². The standard InChI is InChI=1S/C21H14ClF2NO/c22-18-9-5-4-8-15(18)12-17(14-6-2-1-3-7-14)21(26)25-20-11-10-16(23)13-19(20)24/h1-13H,(H,25,26). The molecule has 0 aliphatic carbocycles. The van der Waals surface area contributed by atoms with Gasteiger partial charge in [-0.25, -0.2) is 8.78 Å². The highest BCUT2D eigenvalue weighted by Gasteiger charge is 2.15. The normalized spacial score (nSPS) is 11.3. The number of halogens is 3. The summed E-state index contributed by atoms with van der Waals surface area (Å²) in [6.45, 7) is 0. The third-order valence-electron chi connectivity index (χ3n) is 3.71. The van der Waals surface area contributed by atoms with Crippen LogP contribution < -0.4 is 5.32 Å². The first-order valence-electron chi connectivity index (χ1n) is 7.82. The lowest BCUT2D eigenvalue weighted by Crippen LogP contribution is -2.14. The van der Waals surface area contributed by atoms with Crippen LogP contribution in [0.1, 0.15) is 11.1 Å². The van der Waals surface area contributed by atoms with Gasteiger partial charge in [-0.3, -0.25) is 4.79 Å². The van der Waals surface area contributed by atoms with E-state index in [-0.39, 0.29) is 5.69 Å². The number of carbonyl (C=O) groups excluding carboxylic acids is 1. The molecule has 1 N–H and O–H groups in total. The number of hydrogen-bond acceptors (Lipinski definition) is 1. The molecule has 3 aromatic carbocycles. The Morgan fingerprint density at radius 3 is 2.31 bits per heavy atom. The van der Waals surface area contributed by atoms with Crippen LogP contribution in [0.3, 0.4) is 0 Å². The second-order valence-electron chi connectivity index (χ2n) is 5.52. The van der Waals surface area contributed by atoms with E-state index in [9.17, 15) is 13.6 Å². The predicted molar refractivity (Wildman–Crippen MR) is 101 cm³/mol. The first-order valence-corrected chi connectivity index (χ1v) is 8.20. The van der Waals surface area contributed by atoms with Crippen LogP contribution in [0.5, 0.6) is 0 Å². The molecule has 0 heterocycles. The largest absolute Gasteiger partial charge is 0.319 e. The van der Waals surface area contributed by atoms with Crippen molar-refractivity contribution in [2.75, 3.05) is 5.32 Å². The number of anilines is 1. The summed E-state index contributed by atoms with van der Waals surface area (Å²) < 4.78 is 26.9. The van der Waals surface area contributed by atoms with Gasteiger partial charge in [0.25, 0.3) is 5.91 Å². The van der Waals surface area contributed by atoms with Crippen molar-refractivity contribution in [2.45, 2.75) is 0 Å². The number of benzene rings is 3. The smallest absolute Gasteiger partial charge is 0.256 e. The summed E-state index contributed by atoms with van der Waals surface area (Å²) in [7, 11) is 0. The van der Waals surface area contributed by atoms with Crippen molar-refractivity contribution in [3.8, 4) is 0 Å². The third kappa shape index (κ3) is 4.16. The van der Waals surface area contributed by atoms with E-state index in [0.717, 1.165) is 12.1 Å². The molecule has 130 valence electrons. The van der Waals surface area contributed by atoms with Crippen LogP contribution in [0.15, 0.2) is 72.8 Å². The van der Waals surface area contributed by atoms with Crippen molar-refractivity contribution >= 4 is 34.8 Å². The number of hydrogen-bond donors (Lipinski definition) is 1. The van der Waals surface area contributed by atoms with E-state index < -0.39 is 17.5 Å². The van der Waals surface area contributed by atoms with Gasteiger partial charge in [-0.05, 0) is 35.4 Å². The van der Waals surface area contributed by atoms with Crippen LogP contribution in [0.25, 0.3) is 11.6 Å². The molecule has 2 nitrogen and oxygen atoms in total. The summed E-state index contributed by atoms with van der Waals surface area (Å²) in [5.74, 6) is -2.08. The fourth-order valence-electron chi connectivity index (χ4n) is 2.43. The van der Waals surface area contributed by atoms with Crippen LogP contribution in [0.2, 0.25) is 5.02 Å². The van der Waals surface area contributed by atoms with E-state index in [1.165, 1.54) is 6.07 Å². The maximum absolute atomic E-state index is 13.9. The molecule has 0 aliphatic rings. The van der Waals surface area contributed by atoms with Crippen LogP contribution in [0.4, 0.5) is 14.5 Å². The lowest BCUT2D eigenvalue weighted by atomic mass is 10.0. The molecule has 0 saturated heterocycles. The molecular formula is C21H14ClF2NO. The van der Waals surface area contributed by atoms with Gasteiger partial charge in [0.15, 0.2) is 0 Å². The van der Waals surface area contributed by atoms with Crippen molar-refractivity contribution in [1.29, 1.82) is 0 Å². The number of carbonyl (C=O) groups is 1. The van der Waals surface area contributed by atoms with Gasteiger partial charge in [-0.1, -0.05) is 60.1 Å². The van der Waals surface area contributed by atoms with Gasteiger partial charge in [0.1, 0.15) is 11.6 Å². The second-order valence-corrected chi connectivity index (χ2v) is 5.93. The topological polar surface area (TPSA) is 29.1 Å². The highest BCUT2D eigenvalue weighted by atomic mass is 35.5. The Morgan fingerprint density at radius 1 is 0.923 bits per heavy atom. The van der Waals surface area contributed by atoms with Crippen LogP contribution in [-0.4, -0.2) is 5.91 Å². The first kappa shape index (κ1) is 17.8. The maximum atomic E-state index is 13.9. The predicted octanol–water partition coefficient (Wildman–Crippen LogP) is 5.80. The number of amides is 1. The van der Waals surface area contributed by atoms with E-state index in [1.54, 1.807) is 54.6 Å². The van der Waals surface area contributed by atoms with Gasteiger partial charge in [0.2, 0.25) is 0 Å². The molecule has 0 bridgehead atoms. The van der Waals surface area contributed by atoms with Gasteiger partial charge < -0.3 is 5.32 Å². The minimum Gasteiger partial charge on any atom is -0.319 e. The van der Waals surface area contributed by atoms with Crippen LogP contribution in [0, 0.1) is 11.6 Å². The average molecular weight is 370 g/mol. The highest BCUT2D eigenvalue weighted by molar-refractivity contribution is 6.34. The fourth-order valence-corrected chi connectivity index (χ4v) is 2.62. The summed E-state index contributed by atoms with van der Waals surface area (Å²) in [6.07, 6.45) is 1.63. The molecule has 3 aromatic rings. The summed E-state index contributed by atoms with van der Waals surface area (Å²) in [5, 5.41) is 2.97. The molecule has 26 heavy (non-hydrogen) atoms. The molecular weight excluding hydrogens is 356 g/mol. The van der Waals surface area contributed by atoms with E-state index in [1.807, 2.05) is 6.07 Å². The Hall–Kier alpha value is -2.98. The molecule has 5 heteroatoms. The molecule has 0 unspecified atom stereocenters. The SMILES string of the molecule is O=C(Nc1ccc(F)cc1F)C(=Cc1ccccc1Cl)c1ccccc1. The van der Waals surface area contributed by atoms with Gasteiger partial charge >= 0.3 is 0 Å². The Morgan fingerprint density at radius 2 is 1.62 bits per heavy atom. The molecule has 0 aliphatic heterocycles. The van der Waals surface area contributed by atoms with E-state index in [0.29, 0.717) is 21.7 Å². The Kier molecular flexibility index (Phi) is 5.44. The molecule has 3 rings (SSSR count). The summed E-state index contributed by atoms with van der Waals surface area (Å²) in [4.78, 5) is 12.8. The minimum absolute atomic E-state index is 0.0996. The maximum Gasteiger partial charge on any atom is 0.256 e. The molecule has 0 atom stereocenters. The Balaban J connectivity index is 2.01. The van der Waals surface area contributed by atoms with Crippen molar-refractivity contribution in [3.63, 3.8) is 0 Å². The summed E-state index contributed by atoms with van der Waals surface area (Å²) in [5.41, 5.74) is 1.51. The van der Waals surface area contributed by atoms with Gasteiger partial charge in [0, 0.05) is 16.7 Å². The Bertz CT molecular complexity index is 971. The average Bonchev–Trinajstić information content (AvgIpc) is 2.64. The molecule has 0 aromatic heterocycles. The van der Waals surface area contributed by atoms with Crippen molar-refractivity contribution in [3.05, 3.63) is 101 Å². The highest BCUT2D eigenvalue weighted by Crippen LogP contribution is 2.25. The van der Waals surface area contributed by atoms with Crippen molar-refractivity contribution < 1.29 is 13.6 Å². The molecule has 1 amide bonds. The van der Waals surface area contributed by atoms with Gasteiger partial charge in [-0.15, -0.1) is 0 Å². The van der Waals surface area contributed by atoms with E-state index >= 15 is 0 Å². The van der Waals surface area contributed by atoms with Crippen LogP contribution in [-0.2, 0) is 4.79 Å². The minimum atomic E-state index is -0.844. The molecule has 0 saturated carbocycles. The molecule has 0 spiro atoms.